The Morgan fingerprint density at radius 3 is 2.37 bits per heavy atom. The van der Waals surface area contributed by atoms with Crippen molar-refractivity contribution in [2.75, 3.05) is 11.4 Å². The van der Waals surface area contributed by atoms with Crippen LogP contribution in [0.2, 0.25) is 0 Å². The minimum absolute atomic E-state index is 0.187. The number of rotatable bonds is 10. The van der Waals surface area contributed by atoms with E-state index < -0.39 is 5.41 Å². The first-order chi connectivity index (χ1) is 14.3. The zero-order valence-corrected chi connectivity index (χ0v) is 20.1. The van der Waals surface area contributed by atoms with Gasteiger partial charge in [0.1, 0.15) is 0 Å². The quantitative estimate of drug-likeness (QED) is 0.289. The Bertz CT molecular complexity index is 794. The van der Waals surface area contributed by atoms with Crippen LogP contribution in [0, 0.1) is 5.41 Å². The molecule has 30 heavy (non-hydrogen) atoms. The summed E-state index contributed by atoms with van der Waals surface area (Å²) < 4.78 is 0. The van der Waals surface area contributed by atoms with Crippen molar-refractivity contribution in [2.45, 2.75) is 86.0 Å². The molecular formula is C28H41NO. The fraction of sp³-hybridized carbons (Fsp3) is 0.536. The van der Waals surface area contributed by atoms with E-state index in [0.717, 1.165) is 35.5 Å². The molecule has 2 rings (SSSR count). The minimum Gasteiger partial charge on any atom is -0.345 e. The van der Waals surface area contributed by atoms with Gasteiger partial charge in [0.05, 0.1) is 5.41 Å². The van der Waals surface area contributed by atoms with Gasteiger partial charge in [-0.3, -0.25) is 4.79 Å². The SMILES string of the molecule is C=C1N(c2ccc(C(CCC)CCCC)cc2)CCC1(C)C(=O)C(/C=C\C)=C(C)C. The van der Waals surface area contributed by atoms with E-state index in [2.05, 4.69) is 56.5 Å². The van der Waals surface area contributed by atoms with E-state index in [0.29, 0.717) is 5.92 Å². The van der Waals surface area contributed by atoms with Crippen LogP contribution in [0.4, 0.5) is 5.69 Å². The highest BCUT2D eigenvalue weighted by Crippen LogP contribution is 2.44. The van der Waals surface area contributed by atoms with E-state index in [1.165, 1.54) is 37.7 Å². The lowest BCUT2D eigenvalue weighted by Crippen LogP contribution is -2.30. The highest BCUT2D eigenvalue weighted by molar-refractivity contribution is 6.05. The van der Waals surface area contributed by atoms with Crippen molar-refractivity contribution in [1.82, 2.24) is 0 Å². The molecule has 0 bridgehead atoms. The predicted octanol–water partition coefficient (Wildman–Crippen LogP) is 7.97. The summed E-state index contributed by atoms with van der Waals surface area (Å²) >= 11 is 0. The molecule has 2 nitrogen and oxygen atoms in total. The summed E-state index contributed by atoms with van der Waals surface area (Å²) in [6.45, 7) is 17.8. The normalized spacial score (nSPS) is 20.1. The lowest BCUT2D eigenvalue weighted by atomic mass is 9.78. The number of anilines is 1. The molecule has 2 unspecified atom stereocenters. The molecule has 0 N–H and O–H groups in total. The fourth-order valence-electron chi connectivity index (χ4n) is 4.58. The number of Topliss-reactive ketones (excluding diaryl/α,β-unsaturated/α-hetero) is 1. The number of carbonyl (C=O) groups is 1. The van der Waals surface area contributed by atoms with Gasteiger partial charge in [0, 0.05) is 23.5 Å². The van der Waals surface area contributed by atoms with Gasteiger partial charge in [0.2, 0.25) is 0 Å². The second-order valence-corrected chi connectivity index (χ2v) is 9.14. The molecular weight excluding hydrogens is 366 g/mol. The van der Waals surface area contributed by atoms with Gasteiger partial charge in [-0.15, -0.1) is 0 Å². The van der Waals surface area contributed by atoms with Gasteiger partial charge >= 0.3 is 0 Å². The Kier molecular flexibility index (Phi) is 8.70. The summed E-state index contributed by atoms with van der Waals surface area (Å²) in [5.74, 6) is 0.839. The number of ketones is 1. The van der Waals surface area contributed by atoms with Crippen molar-refractivity contribution < 1.29 is 4.79 Å². The molecule has 1 fully saturated rings. The Morgan fingerprint density at radius 1 is 1.17 bits per heavy atom. The first-order valence-corrected chi connectivity index (χ1v) is 11.7. The number of allylic oxidation sites excluding steroid dienone is 5. The number of carbonyl (C=O) groups excluding carboxylic acids is 1. The molecule has 1 aromatic rings. The van der Waals surface area contributed by atoms with Crippen LogP contribution >= 0.6 is 0 Å². The van der Waals surface area contributed by atoms with Crippen LogP contribution in [0.1, 0.15) is 91.5 Å². The monoisotopic (exact) mass is 407 g/mol. The number of benzene rings is 1. The third-order valence-electron chi connectivity index (χ3n) is 6.64. The van der Waals surface area contributed by atoms with Crippen LogP contribution in [-0.4, -0.2) is 12.3 Å². The second kappa shape index (κ2) is 10.8. The van der Waals surface area contributed by atoms with Gasteiger partial charge in [-0.1, -0.05) is 69.5 Å². The Balaban J connectivity index is 2.23. The van der Waals surface area contributed by atoms with Crippen LogP contribution in [0.3, 0.4) is 0 Å². The lowest BCUT2D eigenvalue weighted by Gasteiger charge is -2.28. The molecule has 0 spiro atoms. The molecule has 164 valence electrons. The average molecular weight is 408 g/mol. The Labute approximate surface area is 184 Å². The first kappa shape index (κ1) is 24.2. The molecule has 2 heteroatoms. The van der Waals surface area contributed by atoms with Crippen LogP contribution in [-0.2, 0) is 4.79 Å². The largest absolute Gasteiger partial charge is 0.345 e. The summed E-state index contributed by atoms with van der Waals surface area (Å²) in [7, 11) is 0. The van der Waals surface area contributed by atoms with Gasteiger partial charge in [-0.2, -0.15) is 0 Å². The molecule has 1 aliphatic rings. The minimum atomic E-state index is -0.545. The summed E-state index contributed by atoms with van der Waals surface area (Å²) in [6.07, 6.45) is 11.0. The zero-order valence-electron chi connectivity index (χ0n) is 20.1. The molecule has 0 amide bonds. The molecule has 1 saturated heterocycles. The summed E-state index contributed by atoms with van der Waals surface area (Å²) in [4.78, 5) is 15.6. The highest BCUT2D eigenvalue weighted by Gasteiger charge is 2.44. The zero-order chi connectivity index (χ0) is 22.3. The molecule has 1 aromatic carbocycles. The van der Waals surface area contributed by atoms with Crippen molar-refractivity contribution in [1.29, 1.82) is 0 Å². The van der Waals surface area contributed by atoms with Crippen LogP contribution in [0.25, 0.3) is 0 Å². The molecule has 0 aliphatic carbocycles. The smallest absolute Gasteiger partial charge is 0.174 e. The van der Waals surface area contributed by atoms with Crippen LogP contribution in [0.5, 0.6) is 0 Å². The molecule has 2 atom stereocenters. The maximum absolute atomic E-state index is 13.4. The summed E-state index contributed by atoms with van der Waals surface area (Å²) in [5, 5.41) is 0. The van der Waals surface area contributed by atoms with Crippen molar-refractivity contribution in [3.63, 3.8) is 0 Å². The number of nitrogens with zero attached hydrogens (tertiary/aromatic N) is 1. The molecule has 0 saturated carbocycles. The van der Waals surface area contributed by atoms with Gasteiger partial charge in [-0.25, -0.2) is 0 Å². The van der Waals surface area contributed by atoms with Crippen molar-refractivity contribution in [2.24, 2.45) is 5.41 Å². The molecule has 1 heterocycles. The topological polar surface area (TPSA) is 20.3 Å². The van der Waals surface area contributed by atoms with E-state index in [-0.39, 0.29) is 5.78 Å². The maximum atomic E-state index is 13.4. The van der Waals surface area contributed by atoms with Crippen molar-refractivity contribution in [3.05, 3.63) is 65.4 Å². The summed E-state index contributed by atoms with van der Waals surface area (Å²) in [6, 6.07) is 9.02. The molecule has 1 aliphatic heterocycles. The van der Waals surface area contributed by atoms with Crippen molar-refractivity contribution >= 4 is 11.5 Å². The van der Waals surface area contributed by atoms with Gasteiger partial charge in [0.25, 0.3) is 0 Å². The van der Waals surface area contributed by atoms with Gasteiger partial charge in [0.15, 0.2) is 5.78 Å². The number of hydrogen-bond acceptors (Lipinski definition) is 2. The van der Waals surface area contributed by atoms with Gasteiger partial charge in [-0.05, 0) is 70.6 Å². The maximum Gasteiger partial charge on any atom is 0.174 e. The lowest BCUT2D eigenvalue weighted by molar-refractivity contribution is -0.121. The standard InChI is InChI=1S/C28H41NO/c1-8-11-14-23(12-9-2)24-15-17-25(18-16-24)29-20-19-28(7,22(29)6)27(30)26(13-10-3)21(4)5/h10,13,15-18,23H,6,8-9,11-12,14,19-20H2,1-5,7H3/b13-10-. The van der Waals surface area contributed by atoms with E-state index in [4.69, 9.17) is 0 Å². The molecule has 0 radical (unpaired) electrons. The summed E-state index contributed by atoms with van der Waals surface area (Å²) in [5.41, 5.74) is 4.84. The van der Waals surface area contributed by atoms with Crippen molar-refractivity contribution in [3.8, 4) is 0 Å². The third kappa shape index (κ3) is 5.14. The van der Waals surface area contributed by atoms with Crippen LogP contribution < -0.4 is 4.90 Å². The average Bonchev–Trinajstić information content (AvgIpc) is 3.04. The van der Waals surface area contributed by atoms with E-state index >= 15 is 0 Å². The Morgan fingerprint density at radius 2 is 1.83 bits per heavy atom. The highest BCUT2D eigenvalue weighted by atomic mass is 16.1. The van der Waals surface area contributed by atoms with E-state index in [1.54, 1.807) is 0 Å². The Hall–Kier alpha value is -2.09. The van der Waals surface area contributed by atoms with E-state index in [9.17, 15) is 4.79 Å². The predicted molar refractivity (Wildman–Crippen MR) is 131 cm³/mol. The third-order valence-corrected chi connectivity index (χ3v) is 6.64. The molecule has 0 aromatic heterocycles. The van der Waals surface area contributed by atoms with E-state index in [1.807, 2.05) is 32.9 Å². The van der Waals surface area contributed by atoms with Gasteiger partial charge < -0.3 is 4.90 Å². The fourth-order valence-corrected chi connectivity index (χ4v) is 4.58. The number of hydrogen-bond donors (Lipinski definition) is 0. The van der Waals surface area contributed by atoms with Crippen LogP contribution in [0.15, 0.2) is 59.8 Å². The first-order valence-electron chi connectivity index (χ1n) is 11.7. The second-order valence-electron chi connectivity index (χ2n) is 9.14. The number of unbranched alkanes of at least 4 members (excludes halogenated alkanes) is 1.